The third-order valence-electron chi connectivity index (χ3n) is 2.36. The van der Waals surface area contributed by atoms with Gasteiger partial charge in [-0.2, -0.15) is 0 Å². The van der Waals surface area contributed by atoms with Gasteiger partial charge in [-0.15, -0.1) is 0 Å². The first-order valence-electron chi connectivity index (χ1n) is 5.25. The van der Waals surface area contributed by atoms with Crippen LogP contribution in [0, 0.1) is 0 Å². The van der Waals surface area contributed by atoms with Crippen molar-refractivity contribution < 1.29 is 0 Å². The SMILES string of the molecule is C/C=C(CC)\C(=C/C)CCCNC. The van der Waals surface area contributed by atoms with E-state index in [1.54, 1.807) is 0 Å². The van der Waals surface area contributed by atoms with Crippen LogP contribution in [0.5, 0.6) is 0 Å². The largest absolute Gasteiger partial charge is 0.320 e. The molecule has 1 heteroatoms. The van der Waals surface area contributed by atoms with Gasteiger partial charge in [-0.1, -0.05) is 19.1 Å². The lowest BCUT2D eigenvalue weighted by Gasteiger charge is -2.09. The van der Waals surface area contributed by atoms with Crippen molar-refractivity contribution in [1.29, 1.82) is 0 Å². The Balaban J connectivity index is 4.04. The summed E-state index contributed by atoms with van der Waals surface area (Å²) in [6.45, 7) is 7.59. The Labute approximate surface area is 82.9 Å². The van der Waals surface area contributed by atoms with Crippen LogP contribution in [0.15, 0.2) is 23.3 Å². The molecule has 0 aromatic rings. The molecule has 0 saturated carbocycles. The first kappa shape index (κ1) is 12.4. The molecular weight excluding hydrogens is 158 g/mol. The maximum Gasteiger partial charge on any atom is -0.00488 e. The Kier molecular flexibility index (Phi) is 7.71. The van der Waals surface area contributed by atoms with Crippen LogP contribution >= 0.6 is 0 Å². The molecule has 0 heterocycles. The molecule has 0 fully saturated rings. The lowest BCUT2D eigenvalue weighted by atomic mass is 9.99. The Hall–Kier alpha value is -0.560. The van der Waals surface area contributed by atoms with Crippen molar-refractivity contribution in [3.8, 4) is 0 Å². The van der Waals surface area contributed by atoms with Gasteiger partial charge in [0, 0.05) is 0 Å². The summed E-state index contributed by atoms with van der Waals surface area (Å²) in [6.07, 6.45) is 8.05. The maximum absolute atomic E-state index is 3.18. The molecule has 13 heavy (non-hydrogen) atoms. The average Bonchev–Trinajstić information content (AvgIpc) is 2.17. The van der Waals surface area contributed by atoms with E-state index in [0.29, 0.717) is 0 Å². The summed E-state index contributed by atoms with van der Waals surface area (Å²) in [4.78, 5) is 0. The Bertz CT molecular complexity index is 178. The Morgan fingerprint density at radius 2 is 1.77 bits per heavy atom. The highest BCUT2D eigenvalue weighted by Gasteiger charge is 2.00. The molecule has 0 bridgehead atoms. The molecule has 0 rings (SSSR count). The molecule has 1 nitrogen and oxygen atoms in total. The van der Waals surface area contributed by atoms with Gasteiger partial charge in [0.15, 0.2) is 0 Å². The number of rotatable bonds is 6. The molecule has 1 N–H and O–H groups in total. The van der Waals surface area contributed by atoms with Crippen LogP contribution < -0.4 is 5.32 Å². The Morgan fingerprint density at radius 3 is 2.15 bits per heavy atom. The monoisotopic (exact) mass is 181 g/mol. The normalized spacial score (nSPS) is 13.5. The summed E-state index contributed by atoms with van der Waals surface area (Å²) < 4.78 is 0. The zero-order valence-electron chi connectivity index (χ0n) is 9.48. The minimum Gasteiger partial charge on any atom is -0.320 e. The van der Waals surface area contributed by atoms with Gasteiger partial charge < -0.3 is 5.32 Å². The number of allylic oxidation sites excluding steroid dienone is 4. The van der Waals surface area contributed by atoms with Crippen LogP contribution in [-0.4, -0.2) is 13.6 Å². The highest BCUT2D eigenvalue weighted by atomic mass is 14.8. The summed E-state index contributed by atoms with van der Waals surface area (Å²) in [5, 5.41) is 3.18. The zero-order valence-corrected chi connectivity index (χ0v) is 9.48. The van der Waals surface area contributed by atoms with E-state index in [-0.39, 0.29) is 0 Å². The van der Waals surface area contributed by atoms with Crippen LogP contribution in [0.1, 0.15) is 40.0 Å². The summed E-state index contributed by atoms with van der Waals surface area (Å²) in [7, 11) is 2.01. The standard InChI is InChI=1S/C12H23N/c1-5-11(6-2)12(7-3)9-8-10-13-4/h5,7,13H,6,8-10H2,1-4H3/b11-5-,12-7-. The number of hydrogen-bond acceptors (Lipinski definition) is 1. The number of nitrogens with one attached hydrogen (secondary N) is 1. The smallest absolute Gasteiger partial charge is 0.00488 e. The summed E-state index contributed by atoms with van der Waals surface area (Å²) in [5.41, 5.74) is 3.01. The van der Waals surface area contributed by atoms with Crippen molar-refractivity contribution in [2.45, 2.75) is 40.0 Å². The molecule has 0 aromatic heterocycles. The molecule has 0 radical (unpaired) electrons. The van der Waals surface area contributed by atoms with Crippen molar-refractivity contribution in [1.82, 2.24) is 5.32 Å². The quantitative estimate of drug-likeness (QED) is 0.490. The second-order valence-electron chi connectivity index (χ2n) is 3.19. The van der Waals surface area contributed by atoms with Crippen LogP contribution in [-0.2, 0) is 0 Å². The lowest BCUT2D eigenvalue weighted by Crippen LogP contribution is -2.07. The molecule has 0 aliphatic carbocycles. The lowest BCUT2D eigenvalue weighted by molar-refractivity contribution is 0.720. The van der Waals surface area contributed by atoms with E-state index >= 15 is 0 Å². The van der Waals surface area contributed by atoms with Gasteiger partial charge in [-0.05, 0) is 57.8 Å². The minimum atomic E-state index is 1.11. The van der Waals surface area contributed by atoms with Gasteiger partial charge in [0.05, 0.1) is 0 Å². The van der Waals surface area contributed by atoms with Crippen LogP contribution in [0.3, 0.4) is 0 Å². The van der Waals surface area contributed by atoms with E-state index in [0.717, 1.165) is 13.0 Å². The number of hydrogen-bond donors (Lipinski definition) is 1. The molecule has 0 spiro atoms. The second-order valence-corrected chi connectivity index (χ2v) is 3.19. The van der Waals surface area contributed by atoms with Gasteiger partial charge in [0.25, 0.3) is 0 Å². The highest BCUT2D eigenvalue weighted by Crippen LogP contribution is 2.18. The fourth-order valence-electron chi connectivity index (χ4n) is 1.56. The predicted octanol–water partition coefficient (Wildman–Crippen LogP) is 3.29. The second kappa shape index (κ2) is 8.06. The van der Waals surface area contributed by atoms with Gasteiger partial charge in [0.2, 0.25) is 0 Å². The van der Waals surface area contributed by atoms with Crippen molar-refractivity contribution >= 4 is 0 Å². The third kappa shape index (κ3) is 4.89. The van der Waals surface area contributed by atoms with E-state index < -0.39 is 0 Å². The summed E-state index contributed by atoms with van der Waals surface area (Å²) in [6, 6.07) is 0. The molecule has 0 aromatic carbocycles. The van der Waals surface area contributed by atoms with Gasteiger partial charge in [0.1, 0.15) is 0 Å². The van der Waals surface area contributed by atoms with Gasteiger partial charge >= 0.3 is 0 Å². The van der Waals surface area contributed by atoms with Gasteiger partial charge in [-0.25, -0.2) is 0 Å². The van der Waals surface area contributed by atoms with E-state index in [2.05, 4.69) is 38.2 Å². The van der Waals surface area contributed by atoms with Crippen LogP contribution in [0.2, 0.25) is 0 Å². The first-order valence-corrected chi connectivity index (χ1v) is 5.25. The zero-order chi connectivity index (χ0) is 10.1. The van der Waals surface area contributed by atoms with E-state index in [1.165, 1.54) is 24.0 Å². The Morgan fingerprint density at radius 1 is 1.15 bits per heavy atom. The molecule has 0 aliphatic heterocycles. The fourth-order valence-corrected chi connectivity index (χ4v) is 1.56. The van der Waals surface area contributed by atoms with E-state index in [1.807, 2.05) is 7.05 Å². The predicted molar refractivity (Wildman–Crippen MR) is 61.0 cm³/mol. The highest BCUT2D eigenvalue weighted by molar-refractivity contribution is 5.29. The summed E-state index contributed by atoms with van der Waals surface area (Å²) in [5.74, 6) is 0. The van der Waals surface area contributed by atoms with Crippen molar-refractivity contribution in [3.05, 3.63) is 23.3 Å². The topological polar surface area (TPSA) is 12.0 Å². The third-order valence-corrected chi connectivity index (χ3v) is 2.36. The maximum atomic E-state index is 3.18. The van der Waals surface area contributed by atoms with E-state index in [9.17, 15) is 0 Å². The van der Waals surface area contributed by atoms with Crippen LogP contribution in [0.4, 0.5) is 0 Å². The van der Waals surface area contributed by atoms with Gasteiger partial charge in [-0.3, -0.25) is 0 Å². The van der Waals surface area contributed by atoms with Crippen molar-refractivity contribution in [2.75, 3.05) is 13.6 Å². The van der Waals surface area contributed by atoms with Crippen LogP contribution in [0.25, 0.3) is 0 Å². The minimum absolute atomic E-state index is 1.11. The molecule has 0 unspecified atom stereocenters. The average molecular weight is 181 g/mol. The van der Waals surface area contributed by atoms with Crippen molar-refractivity contribution in [2.24, 2.45) is 0 Å². The molecule has 0 aliphatic rings. The van der Waals surface area contributed by atoms with Crippen molar-refractivity contribution in [3.63, 3.8) is 0 Å². The van der Waals surface area contributed by atoms with E-state index in [4.69, 9.17) is 0 Å². The molecule has 76 valence electrons. The molecule has 0 atom stereocenters. The summed E-state index contributed by atoms with van der Waals surface area (Å²) >= 11 is 0. The molecular formula is C12H23N. The first-order chi connectivity index (χ1) is 6.29. The fraction of sp³-hybridized carbons (Fsp3) is 0.667. The molecule has 0 saturated heterocycles. The molecule has 0 amide bonds.